The fourth-order valence-corrected chi connectivity index (χ4v) is 1.26. The second-order valence-electron chi connectivity index (χ2n) is 3.52. The lowest BCUT2D eigenvalue weighted by atomic mass is 10.3. The molecule has 1 N–H and O–H groups in total. The Morgan fingerprint density at radius 3 is 2.47 bits per heavy atom. The van der Waals surface area contributed by atoms with Gasteiger partial charge in [0.15, 0.2) is 0 Å². The molecule has 3 nitrogen and oxygen atoms in total. The maximum absolute atomic E-state index is 12.4. The monoisotopic (exact) mass is 217 g/mol. The summed E-state index contributed by atoms with van der Waals surface area (Å²) >= 11 is 0. The molecule has 1 fully saturated rings. The van der Waals surface area contributed by atoms with Crippen LogP contribution in [0.2, 0.25) is 0 Å². The maximum atomic E-state index is 12.4. The first-order valence-electron chi connectivity index (χ1n) is 4.64. The van der Waals surface area contributed by atoms with Crippen LogP contribution >= 0.6 is 0 Å². The van der Waals surface area contributed by atoms with Crippen LogP contribution in [-0.2, 0) is 6.18 Å². The standard InChI is InChI=1S/C9H10F3N3/c1-13-7-4-6(9(10,11)12)14-8(15-7)5-2-3-5/h4-5H,2-3H2,1H3,(H,13,14,15). The predicted octanol–water partition coefficient (Wildman–Crippen LogP) is 2.41. The van der Waals surface area contributed by atoms with E-state index in [9.17, 15) is 13.2 Å². The summed E-state index contributed by atoms with van der Waals surface area (Å²) in [5.41, 5.74) is -0.872. The Labute approximate surface area is 84.7 Å². The van der Waals surface area contributed by atoms with Gasteiger partial charge in [0.1, 0.15) is 17.3 Å². The van der Waals surface area contributed by atoms with E-state index in [2.05, 4.69) is 15.3 Å². The molecular weight excluding hydrogens is 207 g/mol. The van der Waals surface area contributed by atoms with Crippen LogP contribution in [0.3, 0.4) is 0 Å². The number of aromatic nitrogens is 2. The number of anilines is 1. The molecule has 15 heavy (non-hydrogen) atoms. The van der Waals surface area contributed by atoms with Crippen molar-refractivity contribution in [2.45, 2.75) is 24.9 Å². The predicted molar refractivity (Wildman–Crippen MR) is 48.6 cm³/mol. The number of nitrogens with zero attached hydrogens (tertiary/aromatic N) is 2. The van der Waals surface area contributed by atoms with E-state index in [1.165, 1.54) is 0 Å². The van der Waals surface area contributed by atoms with Gasteiger partial charge in [0.2, 0.25) is 0 Å². The molecule has 0 saturated heterocycles. The highest BCUT2D eigenvalue weighted by Crippen LogP contribution is 2.39. The number of nitrogens with one attached hydrogen (secondary N) is 1. The van der Waals surface area contributed by atoms with Gasteiger partial charge in [-0.1, -0.05) is 0 Å². The van der Waals surface area contributed by atoms with Gasteiger partial charge < -0.3 is 5.32 Å². The molecule has 0 aromatic carbocycles. The van der Waals surface area contributed by atoms with Crippen LogP contribution in [0.5, 0.6) is 0 Å². The Morgan fingerprint density at radius 1 is 1.33 bits per heavy atom. The minimum absolute atomic E-state index is 0.111. The van der Waals surface area contributed by atoms with Crippen molar-refractivity contribution < 1.29 is 13.2 Å². The van der Waals surface area contributed by atoms with E-state index in [-0.39, 0.29) is 11.7 Å². The lowest BCUT2D eigenvalue weighted by molar-refractivity contribution is -0.141. The molecule has 1 aliphatic carbocycles. The fourth-order valence-electron chi connectivity index (χ4n) is 1.26. The van der Waals surface area contributed by atoms with Crippen molar-refractivity contribution in [1.82, 2.24) is 9.97 Å². The highest BCUT2D eigenvalue weighted by Gasteiger charge is 2.36. The molecule has 1 aliphatic rings. The van der Waals surface area contributed by atoms with E-state index < -0.39 is 11.9 Å². The molecule has 0 atom stereocenters. The van der Waals surface area contributed by atoms with E-state index in [0.29, 0.717) is 5.82 Å². The van der Waals surface area contributed by atoms with Crippen molar-refractivity contribution in [1.29, 1.82) is 0 Å². The van der Waals surface area contributed by atoms with E-state index in [1.807, 2.05) is 0 Å². The molecule has 0 amide bonds. The SMILES string of the molecule is CNc1cc(C(F)(F)F)nc(C2CC2)n1. The largest absolute Gasteiger partial charge is 0.433 e. The Hall–Kier alpha value is -1.33. The molecule has 2 rings (SSSR count). The van der Waals surface area contributed by atoms with Crippen LogP contribution in [0.25, 0.3) is 0 Å². The van der Waals surface area contributed by atoms with E-state index in [4.69, 9.17) is 0 Å². The van der Waals surface area contributed by atoms with Crippen LogP contribution in [0.1, 0.15) is 30.3 Å². The van der Waals surface area contributed by atoms with Gasteiger partial charge in [0.05, 0.1) is 0 Å². The van der Waals surface area contributed by atoms with Crippen LogP contribution in [0, 0.1) is 0 Å². The van der Waals surface area contributed by atoms with E-state index in [1.54, 1.807) is 7.05 Å². The van der Waals surface area contributed by atoms with Crippen molar-refractivity contribution in [3.05, 3.63) is 17.6 Å². The van der Waals surface area contributed by atoms with Crippen molar-refractivity contribution in [2.75, 3.05) is 12.4 Å². The van der Waals surface area contributed by atoms with Gasteiger partial charge >= 0.3 is 6.18 Å². The quantitative estimate of drug-likeness (QED) is 0.826. The lowest BCUT2D eigenvalue weighted by Gasteiger charge is -2.09. The van der Waals surface area contributed by atoms with Crippen LogP contribution in [0.4, 0.5) is 19.0 Å². The smallest absolute Gasteiger partial charge is 0.373 e. The number of halogens is 3. The first kappa shape index (κ1) is 10.2. The van der Waals surface area contributed by atoms with Crippen LogP contribution in [-0.4, -0.2) is 17.0 Å². The molecule has 6 heteroatoms. The van der Waals surface area contributed by atoms with Crippen molar-refractivity contribution in [2.24, 2.45) is 0 Å². The fraction of sp³-hybridized carbons (Fsp3) is 0.556. The highest BCUT2D eigenvalue weighted by atomic mass is 19.4. The molecule has 0 aliphatic heterocycles. The third-order valence-corrected chi connectivity index (χ3v) is 2.23. The van der Waals surface area contributed by atoms with E-state index >= 15 is 0 Å². The molecule has 1 aromatic rings. The topological polar surface area (TPSA) is 37.8 Å². The van der Waals surface area contributed by atoms with Gasteiger partial charge in [-0.05, 0) is 12.8 Å². The summed E-state index contributed by atoms with van der Waals surface area (Å²) in [6, 6.07) is 0.922. The molecule has 0 bridgehead atoms. The van der Waals surface area contributed by atoms with Crippen molar-refractivity contribution in [3.8, 4) is 0 Å². The summed E-state index contributed by atoms with van der Waals surface area (Å²) in [6.07, 6.45) is -2.65. The first-order chi connectivity index (χ1) is 7.00. The average Bonchev–Trinajstić information content (AvgIpc) is 2.99. The third-order valence-electron chi connectivity index (χ3n) is 2.23. The molecule has 0 spiro atoms. The molecule has 1 aromatic heterocycles. The molecule has 1 heterocycles. The molecule has 1 saturated carbocycles. The summed E-state index contributed by atoms with van der Waals surface area (Å²) in [7, 11) is 1.54. The number of hydrogen-bond donors (Lipinski definition) is 1. The zero-order valence-electron chi connectivity index (χ0n) is 8.10. The second-order valence-corrected chi connectivity index (χ2v) is 3.52. The summed E-state index contributed by atoms with van der Waals surface area (Å²) in [4.78, 5) is 7.54. The zero-order chi connectivity index (χ0) is 11.1. The Balaban J connectivity index is 2.41. The highest BCUT2D eigenvalue weighted by molar-refractivity contribution is 5.37. The van der Waals surface area contributed by atoms with Crippen LogP contribution < -0.4 is 5.32 Å². The normalized spacial score (nSPS) is 16.5. The van der Waals surface area contributed by atoms with Crippen molar-refractivity contribution in [3.63, 3.8) is 0 Å². The maximum Gasteiger partial charge on any atom is 0.433 e. The van der Waals surface area contributed by atoms with Gasteiger partial charge in [-0.15, -0.1) is 0 Å². The van der Waals surface area contributed by atoms with Crippen molar-refractivity contribution >= 4 is 5.82 Å². The Morgan fingerprint density at radius 2 is 2.00 bits per heavy atom. The summed E-state index contributed by atoms with van der Waals surface area (Å²) in [6.45, 7) is 0. The van der Waals surface area contributed by atoms with Crippen LogP contribution in [0.15, 0.2) is 6.07 Å². The molecule has 0 radical (unpaired) electrons. The summed E-state index contributed by atoms with van der Waals surface area (Å²) < 4.78 is 37.3. The third kappa shape index (κ3) is 2.19. The first-order valence-corrected chi connectivity index (χ1v) is 4.64. The second kappa shape index (κ2) is 3.36. The van der Waals surface area contributed by atoms with Gasteiger partial charge in [0.25, 0.3) is 0 Å². The van der Waals surface area contributed by atoms with Gasteiger partial charge in [-0.25, -0.2) is 9.97 Å². The Kier molecular flexibility index (Phi) is 2.28. The van der Waals surface area contributed by atoms with Gasteiger partial charge in [-0.3, -0.25) is 0 Å². The summed E-state index contributed by atoms with van der Waals surface area (Å²) in [5, 5.41) is 2.61. The number of rotatable bonds is 2. The minimum Gasteiger partial charge on any atom is -0.373 e. The summed E-state index contributed by atoms with van der Waals surface area (Å²) in [5.74, 6) is 0.632. The zero-order valence-corrected chi connectivity index (χ0v) is 8.10. The van der Waals surface area contributed by atoms with Gasteiger partial charge in [-0.2, -0.15) is 13.2 Å². The molecule has 82 valence electrons. The number of hydrogen-bond acceptors (Lipinski definition) is 3. The minimum atomic E-state index is -4.40. The average molecular weight is 217 g/mol. The van der Waals surface area contributed by atoms with E-state index in [0.717, 1.165) is 18.9 Å². The molecular formula is C9H10F3N3. The lowest BCUT2D eigenvalue weighted by Crippen LogP contribution is -2.12. The number of alkyl halides is 3. The molecule has 0 unspecified atom stereocenters. The Bertz CT molecular complexity index is 371. The van der Waals surface area contributed by atoms with Gasteiger partial charge in [0, 0.05) is 19.0 Å².